The summed E-state index contributed by atoms with van der Waals surface area (Å²) < 4.78 is 6.65. The quantitative estimate of drug-likeness (QED) is 0.700. The molecular formula is C11H26Ge2O. The van der Waals surface area contributed by atoms with E-state index in [1.807, 2.05) is 0 Å². The zero-order valence-corrected chi connectivity index (χ0v) is 14.9. The monoisotopic (exact) mass is 322 g/mol. The first kappa shape index (κ1) is 13.1. The van der Waals surface area contributed by atoms with Gasteiger partial charge < -0.3 is 0 Å². The Bertz CT molecular complexity index is 207. The average Bonchev–Trinajstić information content (AvgIpc) is 2.10. The molecular weight excluding hydrogens is 293 g/mol. The van der Waals surface area contributed by atoms with E-state index in [0.717, 1.165) is 0 Å². The Kier molecular flexibility index (Phi) is 3.87. The molecule has 0 atom stereocenters. The molecule has 84 valence electrons. The van der Waals surface area contributed by atoms with E-state index >= 15 is 0 Å². The molecule has 3 heteroatoms. The minimum atomic E-state index is -1.84. The van der Waals surface area contributed by atoms with Crippen LogP contribution in [0.25, 0.3) is 0 Å². The van der Waals surface area contributed by atoms with E-state index in [1.54, 1.807) is 5.25 Å². The molecule has 1 fully saturated rings. The summed E-state index contributed by atoms with van der Waals surface area (Å²) >= 11 is -3.32. The van der Waals surface area contributed by atoms with Crippen LogP contribution < -0.4 is 0 Å². The molecule has 0 aromatic rings. The van der Waals surface area contributed by atoms with Crippen molar-refractivity contribution in [3.8, 4) is 0 Å². The van der Waals surface area contributed by atoms with Crippen LogP contribution in [-0.2, 0) is 3.76 Å². The van der Waals surface area contributed by atoms with E-state index in [4.69, 9.17) is 3.76 Å². The van der Waals surface area contributed by atoms with E-state index in [-0.39, 0.29) is 5.60 Å². The maximum absolute atomic E-state index is 6.65. The summed E-state index contributed by atoms with van der Waals surface area (Å²) in [6.07, 6.45) is 3.79. The molecule has 1 aliphatic heterocycles. The average molecular weight is 320 g/mol. The van der Waals surface area contributed by atoms with Crippen molar-refractivity contribution in [1.82, 2.24) is 0 Å². The molecule has 0 aromatic heterocycles. The Hall–Kier alpha value is 1.05. The van der Waals surface area contributed by atoms with Crippen LogP contribution in [0.4, 0.5) is 0 Å². The van der Waals surface area contributed by atoms with Crippen molar-refractivity contribution in [2.24, 2.45) is 0 Å². The fourth-order valence-corrected chi connectivity index (χ4v) is 22.8. The second-order valence-electron chi connectivity index (χ2n) is 5.89. The van der Waals surface area contributed by atoms with Gasteiger partial charge in [-0.05, 0) is 0 Å². The first-order valence-electron chi connectivity index (χ1n) is 5.99. The van der Waals surface area contributed by atoms with Gasteiger partial charge in [-0.2, -0.15) is 0 Å². The summed E-state index contributed by atoms with van der Waals surface area (Å²) in [5.74, 6) is 10.2. The van der Waals surface area contributed by atoms with Crippen LogP contribution in [0.15, 0.2) is 0 Å². The second kappa shape index (κ2) is 4.13. The Morgan fingerprint density at radius 2 is 1.57 bits per heavy atom. The molecule has 0 bridgehead atoms. The van der Waals surface area contributed by atoms with Gasteiger partial charge >= 0.3 is 93.7 Å². The molecule has 0 aromatic carbocycles. The first-order chi connectivity index (χ1) is 6.29. The van der Waals surface area contributed by atoms with Crippen molar-refractivity contribution in [1.29, 1.82) is 0 Å². The predicted molar refractivity (Wildman–Crippen MR) is 68.8 cm³/mol. The van der Waals surface area contributed by atoms with Crippen molar-refractivity contribution in [3.05, 3.63) is 0 Å². The van der Waals surface area contributed by atoms with Gasteiger partial charge in [-0.3, -0.25) is 0 Å². The molecule has 0 amide bonds. The van der Waals surface area contributed by atoms with Crippen LogP contribution in [0.3, 0.4) is 0 Å². The first-order valence-corrected chi connectivity index (χ1v) is 23.2. The van der Waals surface area contributed by atoms with Crippen LogP contribution in [0, 0.1) is 0 Å². The second-order valence-corrected chi connectivity index (χ2v) is 49.5. The zero-order chi connectivity index (χ0) is 11.0. The molecule has 1 saturated heterocycles. The molecule has 14 heavy (non-hydrogen) atoms. The Morgan fingerprint density at radius 3 is 1.93 bits per heavy atom. The SMILES string of the molecule is CCC1(CC)C[CH2][Ge]([CH3])([CH3])[Ge]([CH3])([CH3])[O]1. The zero-order valence-electron chi connectivity index (χ0n) is 10.7. The summed E-state index contributed by atoms with van der Waals surface area (Å²) in [6.45, 7) is 4.60. The summed E-state index contributed by atoms with van der Waals surface area (Å²) in [7, 11) is 0. The summed E-state index contributed by atoms with van der Waals surface area (Å²) in [4.78, 5) is 0. The van der Waals surface area contributed by atoms with Gasteiger partial charge in [-0.15, -0.1) is 0 Å². The van der Waals surface area contributed by atoms with Crippen molar-refractivity contribution >= 4 is 22.9 Å². The third kappa shape index (κ3) is 2.24. The molecule has 0 unspecified atom stereocenters. The van der Waals surface area contributed by atoms with E-state index in [1.165, 1.54) is 19.3 Å². The van der Waals surface area contributed by atoms with Crippen LogP contribution in [0.5, 0.6) is 0 Å². The number of hydrogen-bond acceptors (Lipinski definition) is 1. The van der Waals surface area contributed by atoms with E-state index in [0.29, 0.717) is 0 Å². The van der Waals surface area contributed by atoms with Crippen LogP contribution in [0.2, 0.25) is 28.3 Å². The molecule has 0 aliphatic carbocycles. The normalized spacial score (nSPS) is 28.7. The Balaban J connectivity index is 2.86. The van der Waals surface area contributed by atoms with Gasteiger partial charge in [0.15, 0.2) is 0 Å². The fourth-order valence-electron chi connectivity index (χ4n) is 2.32. The van der Waals surface area contributed by atoms with E-state index in [2.05, 4.69) is 36.9 Å². The third-order valence-corrected chi connectivity index (χ3v) is 55.9. The predicted octanol–water partition coefficient (Wildman–Crippen LogP) is 3.96. The fraction of sp³-hybridized carbons (Fsp3) is 1.00. The van der Waals surface area contributed by atoms with Crippen molar-refractivity contribution < 1.29 is 3.76 Å². The van der Waals surface area contributed by atoms with Gasteiger partial charge in [0, 0.05) is 0 Å². The topological polar surface area (TPSA) is 9.23 Å². The van der Waals surface area contributed by atoms with Crippen molar-refractivity contribution in [3.63, 3.8) is 0 Å². The van der Waals surface area contributed by atoms with Crippen molar-refractivity contribution in [2.75, 3.05) is 0 Å². The minimum absolute atomic E-state index is 0.282. The summed E-state index contributed by atoms with van der Waals surface area (Å²) in [6, 6.07) is 0. The molecule has 0 spiro atoms. The summed E-state index contributed by atoms with van der Waals surface area (Å²) in [5.41, 5.74) is 0.282. The van der Waals surface area contributed by atoms with Gasteiger partial charge in [-0.1, -0.05) is 0 Å². The van der Waals surface area contributed by atoms with Crippen molar-refractivity contribution in [2.45, 2.75) is 67.0 Å². The third-order valence-electron chi connectivity index (χ3n) is 4.60. The van der Waals surface area contributed by atoms with Crippen LogP contribution in [0.1, 0.15) is 33.1 Å². The van der Waals surface area contributed by atoms with Gasteiger partial charge in [-0.25, -0.2) is 0 Å². The standard InChI is InChI=1S/C11H26Ge2O/c1-7-11(8-2)9-10-12(3,4)13(5,6)14-11/h7-10H2,1-6H3. The molecule has 1 heterocycles. The van der Waals surface area contributed by atoms with Gasteiger partial charge in [0.1, 0.15) is 0 Å². The van der Waals surface area contributed by atoms with E-state index < -0.39 is 22.9 Å². The molecule has 0 radical (unpaired) electrons. The van der Waals surface area contributed by atoms with Crippen LogP contribution in [-0.4, -0.2) is 28.5 Å². The Labute approximate surface area is 93.4 Å². The Morgan fingerprint density at radius 1 is 1.07 bits per heavy atom. The number of hydrogen-bond donors (Lipinski definition) is 0. The van der Waals surface area contributed by atoms with Gasteiger partial charge in [0.25, 0.3) is 0 Å². The number of rotatable bonds is 2. The molecule has 1 rings (SSSR count). The maximum atomic E-state index is 6.65. The molecule has 1 nitrogen and oxygen atoms in total. The van der Waals surface area contributed by atoms with Gasteiger partial charge in [0.05, 0.1) is 0 Å². The molecule has 0 saturated carbocycles. The molecule has 0 N–H and O–H groups in total. The van der Waals surface area contributed by atoms with Crippen LogP contribution >= 0.6 is 0 Å². The van der Waals surface area contributed by atoms with Gasteiger partial charge in [0.2, 0.25) is 0 Å². The summed E-state index contributed by atoms with van der Waals surface area (Å²) in [5, 5.41) is 1.55. The van der Waals surface area contributed by atoms with E-state index in [9.17, 15) is 0 Å². The molecule has 1 aliphatic rings.